The first-order valence-electron chi connectivity index (χ1n) is 7.05. The van der Waals surface area contributed by atoms with Crippen LogP contribution in [0.5, 0.6) is 0 Å². The zero-order valence-electron chi connectivity index (χ0n) is 13.1. The van der Waals surface area contributed by atoms with Gasteiger partial charge in [0.15, 0.2) is 10.8 Å². The van der Waals surface area contributed by atoms with E-state index >= 15 is 0 Å². The molecule has 2 amide bonds. The molecule has 1 aromatic rings. The minimum absolute atomic E-state index is 0.124. The molecule has 4 N–H and O–H groups in total. The maximum atomic E-state index is 12.6. The Balaban J connectivity index is 1.76. The van der Waals surface area contributed by atoms with Crippen LogP contribution >= 0.6 is 39.0 Å². The van der Waals surface area contributed by atoms with Gasteiger partial charge in [-0.15, -0.1) is 11.8 Å². The molecule has 2 aliphatic rings. The summed E-state index contributed by atoms with van der Waals surface area (Å²) < 4.78 is 0.503. The smallest absolute Gasteiger partial charge is 0.333 e. The highest BCUT2D eigenvalue weighted by molar-refractivity contribution is 9.11. The molecule has 1 saturated heterocycles. The first kappa shape index (κ1) is 18.7. The van der Waals surface area contributed by atoms with Crippen molar-refractivity contribution >= 4 is 67.7 Å². The summed E-state index contributed by atoms with van der Waals surface area (Å²) in [5.41, 5.74) is 5.85. The average molecular weight is 462 g/mol. The molecule has 1 fully saturated rings. The fourth-order valence-corrected chi connectivity index (χ4v) is 4.97. The van der Waals surface area contributed by atoms with Crippen molar-refractivity contribution < 1.29 is 24.3 Å². The average Bonchev–Trinajstić information content (AvgIpc) is 2.94. The largest absolute Gasteiger partial charge is 0.478 e. The Bertz CT molecular complexity index is 854. The van der Waals surface area contributed by atoms with Crippen molar-refractivity contribution in [2.24, 2.45) is 5.16 Å². The quantitative estimate of drug-likeness (QED) is 0.320. The van der Waals surface area contributed by atoms with E-state index in [1.807, 2.05) is 0 Å². The fraction of sp³-hybridized carbons (Fsp3) is 0.308. The molecule has 138 valence electrons. The zero-order valence-corrected chi connectivity index (χ0v) is 16.4. The third kappa shape index (κ3) is 3.29. The summed E-state index contributed by atoms with van der Waals surface area (Å²) in [6, 6.07) is -0.795. The number of nitrogens with one attached hydrogen (secondary N) is 1. The van der Waals surface area contributed by atoms with E-state index in [-0.39, 0.29) is 33.2 Å². The molecule has 2 aliphatic heterocycles. The molecule has 2 atom stereocenters. The number of nitrogens with two attached hydrogens (primary N) is 1. The van der Waals surface area contributed by atoms with Gasteiger partial charge in [-0.2, -0.15) is 0 Å². The number of hydrogen-bond donors (Lipinski definition) is 3. The summed E-state index contributed by atoms with van der Waals surface area (Å²) in [7, 11) is 1.28. The standard InChI is InChI=1S/C13H12BrN5O5S2/c1-24-18-6(5-8(14)26-13(15)17-5)9(20)16-7-10(21)19-2-4(12(22)23)3-25-11(7)19/h2,7,11H,3H2,1H3,(H2,15,17)(H,16,20)(H,22,23)/t7?,11-/m1/s1. The summed E-state index contributed by atoms with van der Waals surface area (Å²) in [6.07, 6.45) is 1.30. The highest BCUT2D eigenvalue weighted by atomic mass is 79.9. The molecule has 0 bridgehead atoms. The second kappa shape index (κ2) is 7.25. The highest BCUT2D eigenvalue weighted by Gasteiger charge is 2.50. The SMILES string of the molecule is CON=C(C(=O)NC1C(=O)N2C=C(C(=O)O)CS[C@H]12)c1nc(N)sc1Br. The Labute approximate surface area is 163 Å². The van der Waals surface area contributed by atoms with Gasteiger partial charge in [0, 0.05) is 12.0 Å². The predicted molar refractivity (Wildman–Crippen MR) is 98.5 cm³/mol. The lowest BCUT2D eigenvalue weighted by Gasteiger charge is -2.46. The summed E-state index contributed by atoms with van der Waals surface area (Å²) in [6.45, 7) is 0. The van der Waals surface area contributed by atoms with E-state index in [1.165, 1.54) is 30.0 Å². The molecule has 0 saturated carbocycles. The maximum absolute atomic E-state index is 12.6. The summed E-state index contributed by atoms with van der Waals surface area (Å²) in [5.74, 6) is -1.88. The number of aromatic nitrogens is 1. The number of carbonyl (C=O) groups excluding carboxylic acids is 2. The number of amides is 2. The molecule has 0 radical (unpaired) electrons. The molecule has 1 unspecified atom stereocenters. The number of carbonyl (C=O) groups is 3. The number of thioether (sulfide) groups is 1. The van der Waals surface area contributed by atoms with Crippen LogP contribution in [0.4, 0.5) is 5.13 Å². The van der Waals surface area contributed by atoms with Gasteiger partial charge in [0.1, 0.15) is 28.0 Å². The van der Waals surface area contributed by atoms with Crippen LogP contribution in [-0.4, -0.2) is 62.8 Å². The van der Waals surface area contributed by atoms with E-state index in [2.05, 4.69) is 31.4 Å². The first-order valence-corrected chi connectivity index (χ1v) is 9.71. The van der Waals surface area contributed by atoms with Crippen LogP contribution in [-0.2, 0) is 19.2 Å². The Hall–Kier alpha value is -2.12. The van der Waals surface area contributed by atoms with Gasteiger partial charge in [0.2, 0.25) is 0 Å². The van der Waals surface area contributed by atoms with Gasteiger partial charge in [-0.25, -0.2) is 9.78 Å². The van der Waals surface area contributed by atoms with E-state index in [4.69, 9.17) is 15.7 Å². The number of β-lactam (4-membered cyclic amide) rings is 1. The van der Waals surface area contributed by atoms with Crippen LogP contribution in [0.1, 0.15) is 5.69 Å². The van der Waals surface area contributed by atoms with E-state index in [1.54, 1.807) is 0 Å². The second-order valence-corrected chi connectivity index (χ2v) is 8.61. The molecule has 3 rings (SSSR count). The van der Waals surface area contributed by atoms with Gasteiger partial charge in [-0.05, 0) is 15.9 Å². The van der Waals surface area contributed by atoms with Crippen LogP contribution in [0.15, 0.2) is 20.7 Å². The van der Waals surface area contributed by atoms with E-state index in [0.717, 1.165) is 11.3 Å². The number of thiazole rings is 1. The number of anilines is 1. The summed E-state index contributed by atoms with van der Waals surface area (Å²) in [4.78, 5) is 45.9. The van der Waals surface area contributed by atoms with Crippen LogP contribution in [0.3, 0.4) is 0 Å². The van der Waals surface area contributed by atoms with Crippen LogP contribution in [0.2, 0.25) is 0 Å². The van der Waals surface area contributed by atoms with Crippen LogP contribution in [0, 0.1) is 0 Å². The lowest BCUT2D eigenvalue weighted by Crippen LogP contribution is -2.69. The molecule has 0 aromatic carbocycles. The van der Waals surface area contributed by atoms with Gasteiger partial charge in [-0.3, -0.25) is 9.59 Å². The number of oxime groups is 1. The number of carboxylic acids is 1. The molecule has 0 spiro atoms. The maximum Gasteiger partial charge on any atom is 0.333 e. The Morgan fingerprint density at radius 2 is 2.31 bits per heavy atom. The van der Waals surface area contributed by atoms with E-state index in [9.17, 15) is 14.4 Å². The third-order valence-electron chi connectivity index (χ3n) is 3.57. The Kier molecular flexibility index (Phi) is 5.20. The number of carboxylic acid groups (broad SMARTS) is 1. The van der Waals surface area contributed by atoms with Crippen LogP contribution in [0.25, 0.3) is 0 Å². The zero-order chi connectivity index (χ0) is 19.0. The molecular formula is C13H12BrN5O5S2. The van der Waals surface area contributed by atoms with Gasteiger partial charge >= 0.3 is 5.97 Å². The summed E-state index contributed by atoms with van der Waals surface area (Å²) >= 11 is 5.64. The molecular weight excluding hydrogens is 450 g/mol. The lowest BCUT2D eigenvalue weighted by atomic mass is 10.1. The fourth-order valence-electron chi connectivity index (χ4n) is 2.39. The minimum Gasteiger partial charge on any atom is -0.478 e. The van der Waals surface area contributed by atoms with Crippen molar-refractivity contribution in [1.82, 2.24) is 15.2 Å². The number of aliphatic carboxylic acids is 1. The third-order valence-corrected chi connectivity index (χ3v) is 6.42. The van der Waals surface area contributed by atoms with Crippen molar-refractivity contribution in [3.05, 3.63) is 21.3 Å². The molecule has 26 heavy (non-hydrogen) atoms. The number of hydrogen-bond acceptors (Lipinski definition) is 9. The number of fused-ring (bicyclic) bond motifs is 1. The molecule has 1 aromatic heterocycles. The predicted octanol–water partition coefficient (Wildman–Crippen LogP) is 0.207. The van der Waals surface area contributed by atoms with Crippen molar-refractivity contribution in [2.75, 3.05) is 18.6 Å². The molecule has 0 aliphatic carbocycles. The number of halogens is 1. The van der Waals surface area contributed by atoms with E-state index < -0.39 is 23.8 Å². The van der Waals surface area contributed by atoms with Gasteiger partial charge in [-0.1, -0.05) is 16.5 Å². The van der Waals surface area contributed by atoms with E-state index in [0.29, 0.717) is 3.79 Å². The highest BCUT2D eigenvalue weighted by Crippen LogP contribution is 2.36. The number of rotatable bonds is 5. The van der Waals surface area contributed by atoms with Crippen molar-refractivity contribution in [3.63, 3.8) is 0 Å². The first-order chi connectivity index (χ1) is 12.3. The molecule has 3 heterocycles. The molecule has 10 nitrogen and oxygen atoms in total. The Morgan fingerprint density at radius 3 is 2.88 bits per heavy atom. The van der Waals surface area contributed by atoms with Crippen molar-refractivity contribution in [3.8, 4) is 0 Å². The Morgan fingerprint density at radius 1 is 1.58 bits per heavy atom. The minimum atomic E-state index is -1.07. The van der Waals surface area contributed by atoms with Gasteiger partial charge in [0.25, 0.3) is 11.8 Å². The number of nitrogen functional groups attached to an aromatic ring is 1. The molecule has 13 heteroatoms. The lowest BCUT2D eigenvalue weighted by molar-refractivity contribution is -0.144. The normalized spacial score (nSPS) is 22.2. The topological polar surface area (TPSA) is 147 Å². The second-order valence-electron chi connectivity index (χ2n) is 5.15. The van der Waals surface area contributed by atoms with Gasteiger partial charge in [0.05, 0.1) is 5.57 Å². The monoisotopic (exact) mass is 461 g/mol. The van der Waals surface area contributed by atoms with Crippen molar-refractivity contribution in [1.29, 1.82) is 0 Å². The summed E-state index contributed by atoms with van der Waals surface area (Å²) in [5, 5.41) is 15.2. The van der Waals surface area contributed by atoms with Crippen LogP contribution < -0.4 is 11.1 Å². The van der Waals surface area contributed by atoms with Gasteiger partial charge < -0.3 is 25.9 Å². The van der Waals surface area contributed by atoms with Crippen molar-refractivity contribution in [2.45, 2.75) is 11.4 Å². The number of nitrogens with zero attached hydrogens (tertiary/aromatic N) is 3.